The highest BCUT2D eigenvalue weighted by molar-refractivity contribution is 5.79. The van der Waals surface area contributed by atoms with Crippen molar-refractivity contribution in [2.75, 3.05) is 26.2 Å². The first-order valence-electron chi connectivity index (χ1n) is 7.37. The lowest BCUT2D eigenvalue weighted by molar-refractivity contribution is -0.134. The SMILES string of the molecule is CCOc1ccccc1CC(CN)C(=O)N(CC)CC. The van der Waals surface area contributed by atoms with Crippen molar-refractivity contribution in [3.8, 4) is 5.75 Å². The summed E-state index contributed by atoms with van der Waals surface area (Å²) in [6.45, 7) is 8.35. The first kappa shape index (κ1) is 16.5. The van der Waals surface area contributed by atoms with Gasteiger partial charge in [-0.2, -0.15) is 0 Å². The second-order valence-corrected chi connectivity index (χ2v) is 4.69. The molecule has 1 aromatic rings. The zero-order chi connectivity index (χ0) is 15.0. The fourth-order valence-corrected chi connectivity index (χ4v) is 2.30. The lowest BCUT2D eigenvalue weighted by Gasteiger charge is -2.25. The molecule has 0 saturated carbocycles. The van der Waals surface area contributed by atoms with Gasteiger partial charge in [-0.15, -0.1) is 0 Å². The predicted octanol–water partition coefficient (Wildman–Crippen LogP) is 2.07. The van der Waals surface area contributed by atoms with Crippen LogP contribution in [0.25, 0.3) is 0 Å². The summed E-state index contributed by atoms with van der Waals surface area (Å²) in [6.07, 6.45) is 0.627. The van der Waals surface area contributed by atoms with E-state index in [9.17, 15) is 4.79 Å². The Morgan fingerprint density at radius 3 is 2.45 bits per heavy atom. The van der Waals surface area contributed by atoms with Crippen molar-refractivity contribution < 1.29 is 9.53 Å². The van der Waals surface area contributed by atoms with Crippen LogP contribution in [0.5, 0.6) is 5.75 Å². The molecule has 0 aliphatic heterocycles. The molecule has 1 rings (SSSR count). The van der Waals surface area contributed by atoms with Crippen LogP contribution in [0.1, 0.15) is 26.3 Å². The van der Waals surface area contributed by atoms with Gasteiger partial charge in [-0.1, -0.05) is 18.2 Å². The highest BCUT2D eigenvalue weighted by Gasteiger charge is 2.22. The number of amides is 1. The monoisotopic (exact) mass is 278 g/mol. The van der Waals surface area contributed by atoms with Crippen LogP contribution in [0.2, 0.25) is 0 Å². The molecule has 112 valence electrons. The summed E-state index contributed by atoms with van der Waals surface area (Å²) in [5, 5.41) is 0. The van der Waals surface area contributed by atoms with E-state index in [1.165, 1.54) is 0 Å². The second kappa shape index (κ2) is 8.59. The average molecular weight is 278 g/mol. The van der Waals surface area contributed by atoms with Crippen LogP contribution < -0.4 is 10.5 Å². The smallest absolute Gasteiger partial charge is 0.227 e. The largest absolute Gasteiger partial charge is 0.494 e. The van der Waals surface area contributed by atoms with Crippen LogP contribution in [0.4, 0.5) is 0 Å². The summed E-state index contributed by atoms with van der Waals surface area (Å²) in [6, 6.07) is 7.85. The van der Waals surface area contributed by atoms with Gasteiger partial charge in [0.2, 0.25) is 5.91 Å². The van der Waals surface area contributed by atoms with Crippen molar-refractivity contribution in [3.05, 3.63) is 29.8 Å². The van der Waals surface area contributed by atoms with E-state index in [-0.39, 0.29) is 11.8 Å². The van der Waals surface area contributed by atoms with E-state index in [0.29, 0.717) is 19.6 Å². The van der Waals surface area contributed by atoms with Gasteiger partial charge in [0.15, 0.2) is 0 Å². The topological polar surface area (TPSA) is 55.6 Å². The number of hydrogen-bond donors (Lipinski definition) is 1. The minimum atomic E-state index is -0.184. The van der Waals surface area contributed by atoms with Crippen molar-refractivity contribution in [3.63, 3.8) is 0 Å². The highest BCUT2D eigenvalue weighted by atomic mass is 16.5. The maximum atomic E-state index is 12.4. The molecule has 1 atom stereocenters. The molecule has 0 aromatic heterocycles. The number of carbonyl (C=O) groups is 1. The van der Waals surface area contributed by atoms with E-state index >= 15 is 0 Å². The van der Waals surface area contributed by atoms with Crippen LogP contribution in [-0.4, -0.2) is 37.0 Å². The van der Waals surface area contributed by atoms with Gasteiger partial charge >= 0.3 is 0 Å². The number of rotatable bonds is 8. The molecule has 1 unspecified atom stereocenters. The van der Waals surface area contributed by atoms with E-state index in [0.717, 1.165) is 24.4 Å². The quantitative estimate of drug-likeness (QED) is 0.792. The van der Waals surface area contributed by atoms with Gasteiger partial charge in [-0.05, 0) is 38.8 Å². The second-order valence-electron chi connectivity index (χ2n) is 4.69. The van der Waals surface area contributed by atoms with Gasteiger partial charge < -0.3 is 15.4 Å². The number of hydrogen-bond acceptors (Lipinski definition) is 3. The molecule has 2 N–H and O–H groups in total. The Labute approximate surface area is 121 Å². The Balaban J connectivity index is 2.85. The van der Waals surface area contributed by atoms with E-state index in [1.807, 2.05) is 49.9 Å². The zero-order valence-electron chi connectivity index (χ0n) is 12.8. The lowest BCUT2D eigenvalue weighted by atomic mass is 9.97. The van der Waals surface area contributed by atoms with Crippen LogP contribution in [-0.2, 0) is 11.2 Å². The molecule has 0 fully saturated rings. The summed E-state index contributed by atoms with van der Waals surface area (Å²) >= 11 is 0. The fourth-order valence-electron chi connectivity index (χ4n) is 2.30. The molecular formula is C16H26N2O2. The summed E-state index contributed by atoms with van der Waals surface area (Å²) in [7, 11) is 0. The predicted molar refractivity (Wildman–Crippen MR) is 81.8 cm³/mol. The maximum absolute atomic E-state index is 12.4. The third kappa shape index (κ3) is 4.23. The molecular weight excluding hydrogens is 252 g/mol. The summed E-state index contributed by atoms with van der Waals surface area (Å²) in [5.74, 6) is 0.793. The van der Waals surface area contributed by atoms with Gasteiger partial charge in [-0.3, -0.25) is 4.79 Å². The molecule has 0 aliphatic carbocycles. The molecule has 0 heterocycles. The van der Waals surface area contributed by atoms with Crippen molar-refractivity contribution in [2.24, 2.45) is 11.7 Å². The van der Waals surface area contributed by atoms with E-state index in [1.54, 1.807) is 0 Å². The van der Waals surface area contributed by atoms with Gasteiger partial charge in [0.1, 0.15) is 5.75 Å². The number of benzene rings is 1. The number of nitrogens with two attached hydrogens (primary N) is 1. The van der Waals surface area contributed by atoms with Gasteiger partial charge in [-0.25, -0.2) is 0 Å². The molecule has 0 bridgehead atoms. The normalized spacial score (nSPS) is 12.0. The first-order valence-corrected chi connectivity index (χ1v) is 7.37. The van der Waals surface area contributed by atoms with Gasteiger partial charge in [0, 0.05) is 19.6 Å². The summed E-state index contributed by atoms with van der Waals surface area (Å²) in [5.41, 5.74) is 6.85. The molecule has 0 radical (unpaired) electrons. The van der Waals surface area contributed by atoms with Crippen molar-refractivity contribution in [1.29, 1.82) is 0 Å². The molecule has 0 aliphatic rings. The fraction of sp³-hybridized carbons (Fsp3) is 0.562. The molecule has 20 heavy (non-hydrogen) atoms. The zero-order valence-corrected chi connectivity index (χ0v) is 12.8. The molecule has 1 amide bonds. The Morgan fingerprint density at radius 1 is 1.25 bits per heavy atom. The first-order chi connectivity index (χ1) is 9.67. The van der Waals surface area contributed by atoms with Crippen LogP contribution in [0.15, 0.2) is 24.3 Å². The Bertz CT molecular complexity index is 417. The number of nitrogens with zero attached hydrogens (tertiary/aromatic N) is 1. The van der Waals surface area contributed by atoms with Gasteiger partial charge in [0.05, 0.1) is 12.5 Å². The Kier molecular flexibility index (Phi) is 7.09. The molecule has 4 nitrogen and oxygen atoms in total. The third-order valence-electron chi connectivity index (χ3n) is 3.45. The van der Waals surface area contributed by atoms with Crippen LogP contribution in [0, 0.1) is 5.92 Å². The Hall–Kier alpha value is -1.55. The number of carbonyl (C=O) groups excluding carboxylic acids is 1. The molecule has 0 saturated heterocycles. The summed E-state index contributed by atoms with van der Waals surface area (Å²) < 4.78 is 5.61. The standard InChI is InChI=1S/C16H26N2O2/c1-4-18(5-2)16(19)14(12-17)11-13-9-7-8-10-15(13)20-6-3/h7-10,14H,4-6,11-12,17H2,1-3H3. The van der Waals surface area contributed by atoms with Crippen molar-refractivity contribution in [2.45, 2.75) is 27.2 Å². The number of para-hydroxylation sites is 1. The maximum Gasteiger partial charge on any atom is 0.227 e. The highest BCUT2D eigenvalue weighted by Crippen LogP contribution is 2.22. The Morgan fingerprint density at radius 2 is 1.90 bits per heavy atom. The van der Waals surface area contributed by atoms with E-state index in [2.05, 4.69) is 0 Å². The van der Waals surface area contributed by atoms with Crippen LogP contribution in [0.3, 0.4) is 0 Å². The molecule has 4 heteroatoms. The summed E-state index contributed by atoms with van der Waals surface area (Å²) in [4.78, 5) is 14.2. The lowest BCUT2D eigenvalue weighted by Crippen LogP contribution is -2.40. The molecule has 0 spiro atoms. The minimum absolute atomic E-state index is 0.129. The number of ether oxygens (including phenoxy) is 1. The van der Waals surface area contributed by atoms with Crippen LogP contribution >= 0.6 is 0 Å². The average Bonchev–Trinajstić information content (AvgIpc) is 2.47. The minimum Gasteiger partial charge on any atom is -0.494 e. The van der Waals surface area contributed by atoms with E-state index < -0.39 is 0 Å². The van der Waals surface area contributed by atoms with Crippen molar-refractivity contribution >= 4 is 5.91 Å². The molecule has 1 aromatic carbocycles. The van der Waals surface area contributed by atoms with Gasteiger partial charge in [0.25, 0.3) is 0 Å². The third-order valence-corrected chi connectivity index (χ3v) is 3.45. The van der Waals surface area contributed by atoms with E-state index in [4.69, 9.17) is 10.5 Å². The van der Waals surface area contributed by atoms with Crippen molar-refractivity contribution in [1.82, 2.24) is 4.90 Å².